The number of ether oxygens (including phenoxy) is 2. The molecule has 1 N–H and O–H groups in total. The SMILES string of the molecule is COc1ccc(C(O)c2cc(C)c(Cl)cc2C)c(OC)c1. The predicted octanol–water partition coefficient (Wildman–Crippen LogP) is 4.06. The Morgan fingerprint density at radius 1 is 0.952 bits per heavy atom. The molecule has 0 aliphatic heterocycles. The van der Waals surface area contributed by atoms with Crippen LogP contribution in [0.4, 0.5) is 0 Å². The molecule has 21 heavy (non-hydrogen) atoms. The van der Waals surface area contributed by atoms with Crippen LogP contribution in [0.25, 0.3) is 0 Å². The van der Waals surface area contributed by atoms with E-state index in [0.29, 0.717) is 22.1 Å². The molecule has 0 saturated heterocycles. The summed E-state index contributed by atoms with van der Waals surface area (Å²) >= 11 is 6.11. The van der Waals surface area contributed by atoms with Crippen molar-refractivity contribution in [2.75, 3.05) is 14.2 Å². The smallest absolute Gasteiger partial charge is 0.128 e. The lowest BCUT2D eigenvalue weighted by atomic mass is 9.95. The number of aryl methyl sites for hydroxylation is 2. The summed E-state index contributed by atoms with van der Waals surface area (Å²) in [6.07, 6.45) is -0.776. The minimum Gasteiger partial charge on any atom is -0.497 e. The number of rotatable bonds is 4. The molecule has 0 radical (unpaired) electrons. The monoisotopic (exact) mass is 306 g/mol. The van der Waals surface area contributed by atoms with Crippen molar-refractivity contribution in [3.63, 3.8) is 0 Å². The summed E-state index contributed by atoms with van der Waals surface area (Å²) in [5.74, 6) is 1.28. The van der Waals surface area contributed by atoms with Gasteiger partial charge in [-0.3, -0.25) is 0 Å². The summed E-state index contributed by atoms with van der Waals surface area (Å²) in [7, 11) is 3.17. The van der Waals surface area contributed by atoms with Gasteiger partial charge in [0, 0.05) is 16.7 Å². The van der Waals surface area contributed by atoms with Crippen LogP contribution in [0.15, 0.2) is 30.3 Å². The minimum atomic E-state index is -0.776. The van der Waals surface area contributed by atoms with E-state index >= 15 is 0 Å². The molecule has 0 aliphatic carbocycles. The molecule has 2 rings (SSSR count). The lowest BCUT2D eigenvalue weighted by Gasteiger charge is -2.19. The van der Waals surface area contributed by atoms with Gasteiger partial charge in [-0.1, -0.05) is 17.7 Å². The zero-order valence-electron chi connectivity index (χ0n) is 12.6. The number of benzene rings is 2. The van der Waals surface area contributed by atoms with Crippen LogP contribution in [0.2, 0.25) is 5.02 Å². The second kappa shape index (κ2) is 6.37. The van der Waals surface area contributed by atoms with Crippen molar-refractivity contribution < 1.29 is 14.6 Å². The van der Waals surface area contributed by atoms with Gasteiger partial charge in [0.2, 0.25) is 0 Å². The van der Waals surface area contributed by atoms with Crippen molar-refractivity contribution in [2.45, 2.75) is 20.0 Å². The van der Waals surface area contributed by atoms with E-state index in [1.165, 1.54) is 0 Å². The number of halogens is 1. The molecule has 0 aromatic heterocycles. The molecule has 0 bridgehead atoms. The van der Waals surface area contributed by atoms with Gasteiger partial charge in [-0.15, -0.1) is 0 Å². The van der Waals surface area contributed by atoms with Gasteiger partial charge >= 0.3 is 0 Å². The summed E-state index contributed by atoms with van der Waals surface area (Å²) < 4.78 is 10.5. The number of hydrogen-bond donors (Lipinski definition) is 1. The van der Waals surface area contributed by atoms with Crippen LogP contribution < -0.4 is 9.47 Å². The summed E-state index contributed by atoms with van der Waals surface area (Å²) in [4.78, 5) is 0. The van der Waals surface area contributed by atoms with Crippen LogP contribution in [0.1, 0.15) is 28.4 Å². The average Bonchev–Trinajstić information content (AvgIpc) is 2.49. The molecule has 0 aliphatic rings. The number of methoxy groups -OCH3 is 2. The first-order valence-electron chi connectivity index (χ1n) is 6.64. The van der Waals surface area contributed by atoms with E-state index in [9.17, 15) is 5.11 Å². The normalized spacial score (nSPS) is 12.1. The van der Waals surface area contributed by atoms with Crippen molar-refractivity contribution >= 4 is 11.6 Å². The van der Waals surface area contributed by atoms with E-state index in [4.69, 9.17) is 21.1 Å². The fraction of sp³-hybridized carbons (Fsp3) is 0.294. The Morgan fingerprint density at radius 3 is 2.29 bits per heavy atom. The number of aliphatic hydroxyl groups is 1. The van der Waals surface area contributed by atoms with Crippen molar-refractivity contribution in [1.29, 1.82) is 0 Å². The van der Waals surface area contributed by atoms with Crippen LogP contribution >= 0.6 is 11.6 Å². The first-order chi connectivity index (χ1) is 9.97. The highest BCUT2D eigenvalue weighted by atomic mass is 35.5. The van der Waals surface area contributed by atoms with E-state index in [2.05, 4.69) is 0 Å². The maximum absolute atomic E-state index is 10.7. The molecule has 4 heteroatoms. The summed E-state index contributed by atoms with van der Waals surface area (Å²) in [5.41, 5.74) is 3.39. The molecule has 0 saturated carbocycles. The van der Waals surface area contributed by atoms with Crippen LogP contribution in [-0.2, 0) is 0 Å². The number of hydrogen-bond acceptors (Lipinski definition) is 3. The second-order valence-electron chi connectivity index (χ2n) is 4.97. The van der Waals surface area contributed by atoms with Crippen molar-refractivity contribution in [1.82, 2.24) is 0 Å². The Labute approximate surface area is 130 Å². The standard InChI is InChI=1S/C17H19ClO3/c1-10-8-15(18)11(2)7-14(10)17(19)13-6-5-12(20-3)9-16(13)21-4/h5-9,17,19H,1-4H3. The molecule has 112 valence electrons. The molecular formula is C17H19ClO3. The first kappa shape index (κ1) is 15.7. The van der Waals surface area contributed by atoms with Gasteiger partial charge in [-0.05, 0) is 48.7 Å². The third kappa shape index (κ3) is 3.14. The predicted molar refractivity (Wildman–Crippen MR) is 84.5 cm³/mol. The van der Waals surface area contributed by atoms with Gasteiger partial charge in [-0.25, -0.2) is 0 Å². The Kier molecular flexibility index (Phi) is 4.76. The van der Waals surface area contributed by atoms with E-state index < -0.39 is 6.10 Å². The van der Waals surface area contributed by atoms with Crippen LogP contribution in [-0.4, -0.2) is 19.3 Å². The van der Waals surface area contributed by atoms with Crippen molar-refractivity contribution in [2.24, 2.45) is 0 Å². The molecule has 1 unspecified atom stereocenters. The average molecular weight is 307 g/mol. The summed E-state index contributed by atoms with van der Waals surface area (Å²) in [5, 5.41) is 11.4. The summed E-state index contributed by atoms with van der Waals surface area (Å²) in [6, 6.07) is 9.15. The van der Waals surface area contributed by atoms with Gasteiger partial charge in [-0.2, -0.15) is 0 Å². The molecule has 0 amide bonds. The lowest BCUT2D eigenvalue weighted by molar-refractivity contribution is 0.213. The van der Waals surface area contributed by atoms with E-state index in [-0.39, 0.29) is 0 Å². The first-order valence-corrected chi connectivity index (χ1v) is 7.02. The van der Waals surface area contributed by atoms with E-state index in [0.717, 1.165) is 16.7 Å². The van der Waals surface area contributed by atoms with Gasteiger partial charge in [0.15, 0.2) is 0 Å². The zero-order chi connectivity index (χ0) is 15.6. The van der Waals surface area contributed by atoms with Crippen molar-refractivity contribution in [3.05, 3.63) is 57.6 Å². The molecule has 0 spiro atoms. The van der Waals surface area contributed by atoms with Gasteiger partial charge in [0.1, 0.15) is 17.6 Å². The maximum Gasteiger partial charge on any atom is 0.128 e. The largest absolute Gasteiger partial charge is 0.497 e. The lowest BCUT2D eigenvalue weighted by Crippen LogP contribution is -2.05. The van der Waals surface area contributed by atoms with Crippen LogP contribution in [0.5, 0.6) is 11.5 Å². The Bertz CT molecular complexity index is 653. The topological polar surface area (TPSA) is 38.7 Å². The minimum absolute atomic E-state index is 0.592. The maximum atomic E-state index is 10.7. The van der Waals surface area contributed by atoms with Gasteiger partial charge < -0.3 is 14.6 Å². The molecule has 2 aromatic rings. The Morgan fingerprint density at radius 2 is 1.67 bits per heavy atom. The quantitative estimate of drug-likeness (QED) is 0.926. The highest BCUT2D eigenvalue weighted by Crippen LogP contribution is 2.35. The van der Waals surface area contributed by atoms with Gasteiger partial charge in [0.05, 0.1) is 14.2 Å². The Hall–Kier alpha value is -1.71. The fourth-order valence-corrected chi connectivity index (χ4v) is 2.53. The Balaban J connectivity index is 2.49. The molecule has 3 nitrogen and oxygen atoms in total. The van der Waals surface area contributed by atoms with E-state index in [1.807, 2.05) is 32.0 Å². The molecule has 2 aromatic carbocycles. The molecule has 1 atom stereocenters. The third-order valence-corrected chi connectivity index (χ3v) is 3.98. The molecular weight excluding hydrogens is 288 g/mol. The van der Waals surface area contributed by atoms with Crippen LogP contribution in [0, 0.1) is 13.8 Å². The third-order valence-electron chi connectivity index (χ3n) is 3.58. The summed E-state index contributed by atoms with van der Waals surface area (Å²) in [6.45, 7) is 3.85. The number of aliphatic hydroxyl groups excluding tert-OH is 1. The van der Waals surface area contributed by atoms with Crippen molar-refractivity contribution in [3.8, 4) is 11.5 Å². The highest BCUT2D eigenvalue weighted by Gasteiger charge is 2.19. The molecule has 0 fully saturated rings. The highest BCUT2D eigenvalue weighted by molar-refractivity contribution is 6.31. The fourth-order valence-electron chi connectivity index (χ4n) is 2.31. The van der Waals surface area contributed by atoms with E-state index in [1.54, 1.807) is 26.4 Å². The van der Waals surface area contributed by atoms with Gasteiger partial charge in [0.25, 0.3) is 0 Å². The zero-order valence-corrected chi connectivity index (χ0v) is 13.4. The van der Waals surface area contributed by atoms with Crippen LogP contribution in [0.3, 0.4) is 0 Å². The molecule has 0 heterocycles. The second-order valence-corrected chi connectivity index (χ2v) is 5.38.